The second-order valence-electron chi connectivity index (χ2n) is 2.98. The summed E-state index contributed by atoms with van der Waals surface area (Å²) in [7, 11) is -4.11. The van der Waals surface area contributed by atoms with Crippen molar-refractivity contribution in [2.45, 2.75) is 4.90 Å². The minimum Gasteiger partial charge on any atom is -0.282 e. The Labute approximate surface area is 91.8 Å². The maximum Gasteiger partial charge on any atom is 0.294 e. The van der Waals surface area contributed by atoms with E-state index in [1.54, 1.807) is 12.1 Å². The van der Waals surface area contributed by atoms with Gasteiger partial charge < -0.3 is 0 Å². The van der Waals surface area contributed by atoms with Crippen LogP contribution in [0.2, 0.25) is 0 Å². The summed E-state index contributed by atoms with van der Waals surface area (Å²) in [4.78, 5) is 0.897. The third-order valence-electron chi connectivity index (χ3n) is 1.94. The summed E-state index contributed by atoms with van der Waals surface area (Å²) < 4.78 is 30.7. The minimum absolute atomic E-state index is 0.0756. The summed E-state index contributed by atoms with van der Waals surface area (Å²) >= 11 is 1.52. The van der Waals surface area contributed by atoms with E-state index in [1.165, 1.54) is 23.5 Å². The zero-order valence-corrected chi connectivity index (χ0v) is 9.25. The predicted molar refractivity (Wildman–Crippen MR) is 59.6 cm³/mol. The molecule has 5 heteroatoms. The van der Waals surface area contributed by atoms with Gasteiger partial charge in [0.05, 0.1) is 4.90 Å². The molecule has 0 saturated heterocycles. The maximum atomic E-state index is 10.9. The molecule has 0 amide bonds. The Morgan fingerprint density at radius 2 is 1.93 bits per heavy atom. The fourth-order valence-corrected chi connectivity index (χ4v) is 2.50. The van der Waals surface area contributed by atoms with Gasteiger partial charge in [0.15, 0.2) is 0 Å². The lowest BCUT2D eigenvalue weighted by Gasteiger charge is -2.00. The van der Waals surface area contributed by atoms with Crippen molar-refractivity contribution in [2.75, 3.05) is 0 Å². The molecule has 78 valence electrons. The third-order valence-corrected chi connectivity index (χ3v) is 3.71. The highest BCUT2D eigenvalue weighted by Gasteiger charge is 2.10. The monoisotopic (exact) mass is 240 g/mol. The van der Waals surface area contributed by atoms with Crippen LogP contribution in [-0.4, -0.2) is 13.0 Å². The van der Waals surface area contributed by atoms with Gasteiger partial charge in [-0.2, -0.15) is 8.42 Å². The van der Waals surface area contributed by atoms with Crippen molar-refractivity contribution < 1.29 is 13.0 Å². The van der Waals surface area contributed by atoms with Gasteiger partial charge in [0.1, 0.15) is 0 Å². The molecule has 2 aromatic rings. The molecule has 0 unspecified atom stereocenters. The summed E-state index contributed by atoms with van der Waals surface area (Å²) in [5.41, 5.74) is 0.792. The average Bonchev–Trinajstić information content (AvgIpc) is 2.69. The van der Waals surface area contributed by atoms with Crippen LogP contribution in [0.15, 0.2) is 46.7 Å². The molecular weight excluding hydrogens is 232 g/mol. The molecule has 0 radical (unpaired) electrons. The van der Waals surface area contributed by atoms with Gasteiger partial charge in [0.2, 0.25) is 0 Å². The van der Waals surface area contributed by atoms with Crippen LogP contribution in [0.25, 0.3) is 10.4 Å². The fraction of sp³-hybridized carbons (Fsp3) is 0. The molecule has 0 aliphatic heterocycles. The zero-order valence-electron chi connectivity index (χ0n) is 7.62. The van der Waals surface area contributed by atoms with Gasteiger partial charge in [-0.15, -0.1) is 11.3 Å². The lowest BCUT2D eigenvalue weighted by atomic mass is 10.2. The van der Waals surface area contributed by atoms with E-state index in [0.717, 1.165) is 10.4 Å². The topological polar surface area (TPSA) is 54.4 Å². The van der Waals surface area contributed by atoms with E-state index in [1.807, 2.05) is 17.5 Å². The Morgan fingerprint density at radius 3 is 2.53 bits per heavy atom. The number of rotatable bonds is 2. The van der Waals surface area contributed by atoms with Gasteiger partial charge in [-0.3, -0.25) is 4.55 Å². The van der Waals surface area contributed by atoms with Gasteiger partial charge in [-0.25, -0.2) is 0 Å². The highest BCUT2D eigenvalue weighted by Crippen LogP contribution is 2.26. The van der Waals surface area contributed by atoms with Crippen molar-refractivity contribution in [3.63, 3.8) is 0 Å². The van der Waals surface area contributed by atoms with E-state index >= 15 is 0 Å². The molecule has 0 saturated carbocycles. The minimum atomic E-state index is -4.11. The molecule has 3 nitrogen and oxygen atoms in total. The highest BCUT2D eigenvalue weighted by atomic mass is 32.2. The van der Waals surface area contributed by atoms with Crippen LogP contribution in [0.3, 0.4) is 0 Å². The van der Waals surface area contributed by atoms with Crippen LogP contribution in [0.5, 0.6) is 0 Å². The molecule has 0 bridgehead atoms. The van der Waals surface area contributed by atoms with Crippen molar-refractivity contribution in [3.05, 3.63) is 41.8 Å². The van der Waals surface area contributed by atoms with Gasteiger partial charge in [-0.05, 0) is 29.1 Å². The van der Waals surface area contributed by atoms with E-state index < -0.39 is 10.1 Å². The lowest BCUT2D eigenvalue weighted by molar-refractivity contribution is 0.483. The van der Waals surface area contributed by atoms with Crippen LogP contribution in [-0.2, 0) is 10.1 Å². The summed E-state index contributed by atoms with van der Waals surface area (Å²) in [5.74, 6) is 0. The maximum absolute atomic E-state index is 10.9. The van der Waals surface area contributed by atoms with Crippen molar-refractivity contribution in [2.24, 2.45) is 0 Å². The quantitative estimate of drug-likeness (QED) is 0.821. The summed E-state index contributed by atoms with van der Waals surface area (Å²) in [6.07, 6.45) is 0. The standard InChI is InChI=1S/C10H8O3S2/c11-15(12,13)9-4-1-3-8(7-9)10-5-2-6-14-10/h1-7H,(H,11,12,13). The Morgan fingerprint density at radius 1 is 1.13 bits per heavy atom. The first-order valence-electron chi connectivity index (χ1n) is 4.19. The first-order valence-corrected chi connectivity index (χ1v) is 6.51. The van der Waals surface area contributed by atoms with Crippen molar-refractivity contribution in [1.29, 1.82) is 0 Å². The Balaban J connectivity index is 2.53. The highest BCUT2D eigenvalue weighted by molar-refractivity contribution is 7.85. The van der Waals surface area contributed by atoms with Crippen molar-refractivity contribution in [3.8, 4) is 10.4 Å². The number of benzene rings is 1. The van der Waals surface area contributed by atoms with E-state index in [9.17, 15) is 8.42 Å². The molecule has 15 heavy (non-hydrogen) atoms. The average molecular weight is 240 g/mol. The predicted octanol–water partition coefficient (Wildman–Crippen LogP) is 2.66. The van der Waals surface area contributed by atoms with Crippen molar-refractivity contribution in [1.82, 2.24) is 0 Å². The molecule has 1 heterocycles. The van der Waals surface area contributed by atoms with E-state index in [4.69, 9.17) is 4.55 Å². The Kier molecular flexibility index (Phi) is 2.60. The fourth-order valence-electron chi connectivity index (χ4n) is 1.25. The van der Waals surface area contributed by atoms with Gasteiger partial charge in [0.25, 0.3) is 10.1 Å². The van der Waals surface area contributed by atoms with E-state index in [2.05, 4.69) is 0 Å². The largest absolute Gasteiger partial charge is 0.294 e. The number of hydrogen-bond acceptors (Lipinski definition) is 3. The second kappa shape index (κ2) is 3.77. The van der Waals surface area contributed by atoms with Crippen LogP contribution in [0.4, 0.5) is 0 Å². The molecule has 1 aromatic heterocycles. The normalized spacial score (nSPS) is 11.5. The summed E-state index contributed by atoms with van der Waals surface area (Å²) in [5, 5.41) is 1.91. The van der Waals surface area contributed by atoms with Crippen LogP contribution in [0.1, 0.15) is 0 Å². The molecule has 2 rings (SSSR count). The summed E-state index contributed by atoms with van der Waals surface area (Å²) in [6.45, 7) is 0. The second-order valence-corrected chi connectivity index (χ2v) is 5.35. The van der Waals surface area contributed by atoms with Crippen molar-refractivity contribution >= 4 is 21.5 Å². The van der Waals surface area contributed by atoms with Gasteiger partial charge in [0, 0.05) is 4.88 Å². The SMILES string of the molecule is O=S(=O)(O)c1cccc(-c2cccs2)c1. The van der Waals surface area contributed by atoms with Crippen LogP contribution in [0, 0.1) is 0 Å². The van der Waals surface area contributed by atoms with Crippen LogP contribution < -0.4 is 0 Å². The molecular formula is C10H8O3S2. The first-order chi connectivity index (χ1) is 7.07. The van der Waals surface area contributed by atoms with E-state index in [-0.39, 0.29) is 4.90 Å². The van der Waals surface area contributed by atoms with Gasteiger partial charge >= 0.3 is 0 Å². The van der Waals surface area contributed by atoms with E-state index in [0.29, 0.717) is 0 Å². The smallest absolute Gasteiger partial charge is 0.282 e. The zero-order chi connectivity index (χ0) is 10.9. The molecule has 0 fully saturated rings. The molecule has 0 spiro atoms. The Hall–Kier alpha value is -1.17. The molecule has 1 aromatic carbocycles. The molecule has 0 aliphatic rings. The number of thiophene rings is 1. The summed E-state index contributed by atoms with van der Waals surface area (Å²) in [6, 6.07) is 10.0. The molecule has 1 N–H and O–H groups in total. The Bertz CT molecular complexity index is 556. The molecule has 0 atom stereocenters. The van der Waals surface area contributed by atoms with Crippen LogP contribution >= 0.6 is 11.3 Å². The lowest BCUT2D eigenvalue weighted by Crippen LogP contribution is -1.97. The van der Waals surface area contributed by atoms with Gasteiger partial charge in [-0.1, -0.05) is 18.2 Å². The third kappa shape index (κ3) is 2.26. The first kappa shape index (κ1) is 10.4. The molecule has 0 aliphatic carbocycles. The number of hydrogen-bond donors (Lipinski definition) is 1.